The van der Waals surface area contributed by atoms with Crippen LogP contribution in [-0.2, 0) is 7.05 Å². The summed E-state index contributed by atoms with van der Waals surface area (Å²) in [5.41, 5.74) is 1.26. The lowest BCUT2D eigenvalue weighted by Crippen LogP contribution is -2.04. The number of carbonyl (C=O) groups is 1. The van der Waals surface area contributed by atoms with Crippen LogP contribution in [0.4, 0.5) is 0 Å². The van der Waals surface area contributed by atoms with Crippen LogP contribution < -0.4 is 0 Å². The molecule has 0 aliphatic rings. The minimum Gasteiger partial charge on any atom is -0.285 e. The number of aryl methyl sites for hydroxylation is 1. The Kier molecular flexibility index (Phi) is 2.19. The summed E-state index contributed by atoms with van der Waals surface area (Å²) < 4.78 is 6.10. The van der Waals surface area contributed by atoms with E-state index in [4.69, 9.17) is 0 Å². The van der Waals surface area contributed by atoms with Crippen molar-refractivity contribution >= 4 is 27.5 Å². The maximum absolute atomic E-state index is 12.2. The molecule has 0 atom stereocenters. The molecule has 0 unspecified atom stereocenters. The largest absolute Gasteiger partial charge is 0.285 e. The number of hydrogen-bond donors (Lipinski definition) is 0. The first kappa shape index (κ1) is 10.0. The van der Waals surface area contributed by atoms with Gasteiger partial charge in [0.05, 0.1) is 4.70 Å². The standard InChI is InChI=1S/C10H7N5OS/c1-15-5-11-10(13-15)8(16)6-3-2-4-7-9(6)17-14-12-7/h2-5H,1H3. The third-order valence-electron chi connectivity index (χ3n) is 2.32. The Bertz CT molecular complexity index is 701. The fourth-order valence-electron chi connectivity index (χ4n) is 1.55. The van der Waals surface area contributed by atoms with Gasteiger partial charge in [-0.3, -0.25) is 9.48 Å². The topological polar surface area (TPSA) is 73.6 Å². The lowest BCUT2D eigenvalue weighted by Gasteiger charge is -1.96. The summed E-state index contributed by atoms with van der Waals surface area (Å²) >= 11 is 1.20. The molecule has 0 spiro atoms. The van der Waals surface area contributed by atoms with Crippen molar-refractivity contribution in [1.29, 1.82) is 0 Å². The molecule has 6 nitrogen and oxygen atoms in total. The van der Waals surface area contributed by atoms with Crippen molar-refractivity contribution in [2.75, 3.05) is 0 Å². The number of aromatic nitrogens is 5. The van der Waals surface area contributed by atoms with Crippen molar-refractivity contribution in [2.45, 2.75) is 0 Å². The Morgan fingerprint density at radius 2 is 2.29 bits per heavy atom. The molecule has 0 saturated heterocycles. The van der Waals surface area contributed by atoms with Gasteiger partial charge in [0.25, 0.3) is 0 Å². The monoisotopic (exact) mass is 245 g/mol. The molecule has 17 heavy (non-hydrogen) atoms. The Morgan fingerprint density at radius 1 is 1.41 bits per heavy atom. The van der Waals surface area contributed by atoms with Crippen molar-refractivity contribution in [1.82, 2.24) is 24.4 Å². The first-order chi connectivity index (χ1) is 8.25. The number of fused-ring (bicyclic) bond motifs is 1. The van der Waals surface area contributed by atoms with E-state index >= 15 is 0 Å². The molecule has 0 fully saturated rings. The van der Waals surface area contributed by atoms with Crippen LogP contribution in [0.2, 0.25) is 0 Å². The molecule has 2 heterocycles. The second-order valence-electron chi connectivity index (χ2n) is 3.50. The van der Waals surface area contributed by atoms with E-state index < -0.39 is 0 Å². The van der Waals surface area contributed by atoms with Crippen LogP contribution >= 0.6 is 11.5 Å². The van der Waals surface area contributed by atoms with Crippen LogP contribution in [0.5, 0.6) is 0 Å². The number of carbonyl (C=O) groups excluding carboxylic acids is 1. The number of ketones is 1. The van der Waals surface area contributed by atoms with Gasteiger partial charge in [0.2, 0.25) is 11.6 Å². The highest BCUT2D eigenvalue weighted by atomic mass is 32.1. The minimum atomic E-state index is -0.206. The normalized spacial score (nSPS) is 10.9. The van der Waals surface area contributed by atoms with Gasteiger partial charge in [-0.05, 0) is 23.7 Å². The summed E-state index contributed by atoms with van der Waals surface area (Å²) in [5.74, 6) is -0.0179. The van der Waals surface area contributed by atoms with Crippen molar-refractivity contribution < 1.29 is 4.79 Å². The minimum absolute atomic E-state index is 0.188. The zero-order valence-corrected chi connectivity index (χ0v) is 9.68. The van der Waals surface area contributed by atoms with Gasteiger partial charge in [0.15, 0.2) is 0 Å². The molecular formula is C10H7N5OS. The molecule has 7 heteroatoms. The molecule has 3 aromatic rings. The summed E-state index contributed by atoms with van der Waals surface area (Å²) in [6, 6.07) is 5.34. The Morgan fingerprint density at radius 3 is 3.06 bits per heavy atom. The van der Waals surface area contributed by atoms with Gasteiger partial charge >= 0.3 is 0 Å². The number of benzene rings is 1. The van der Waals surface area contributed by atoms with Crippen molar-refractivity contribution in [3.63, 3.8) is 0 Å². The molecule has 0 radical (unpaired) electrons. The SMILES string of the molecule is Cn1cnc(C(=O)c2cccc3nnsc23)n1. The van der Waals surface area contributed by atoms with Crippen molar-refractivity contribution in [3.8, 4) is 0 Å². The molecule has 84 valence electrons. The van der Waals surface area contributed by atoms with Crippen LogP contribution in [0.15, 0.2) is 24.5 Å². The number of rotatable bonds is 2. The van der Waals surface area contributed by atoms with Gasteiger partial charge in [-0.15, -0.1) is 10.2 Å². The van der Waals surface area contributed by atoms with E-state index in [-0.39, 0.29) is 11.6 Å². The third kappa shape index (κ3) is 1.60. The van der Waals surface area contributed by atoms with Gasteiger partial charge in [-0.1, -0.05) is 10.6 Å². The average Bonchev–Trinajstić information content (AvgIpc) is 2.95. The van der Waals surface area contributed by atoms with Crippen LogP contribution in [0.3, 0.4) is 0 Å². The molecule has 0 amide bonds. The number of nitrogens with zero attached hydrogens (tertiary/aromatic N) is 5. The zero-order chi connectivity index (χ0) is 11.8. The van der Waals surface area contributed by atoms with Gasteiger partial charge in [-0.25, -0.2) is 4.98 Å². The maximum Gasteiger partial charge on any atom is 0.233 e. The molecule has 3 rings (SSSR count). The average molecular weight is 245 g/mol. The van der Waals surface area contributed by atoms with Gasteiger partial charge < -0.3 is 0 Å². The zero-order valence-electron chi connectivity index (χ0n) is 8.86. The second-order valence-corrected chi connectivity index (χ2v) is 4.25. The van der Waals surface area contributed by atoms with E-state index in [1.165, 1.54) is 22.5 Å². The maximum atomic E-state index is 12.2. The van der Waals surface area contributed by atoms with Gasteiger partial charge in [-0.2, -0.15) is 0 Å². The molecule has 0 N–H and O–H groups in total. The lowest BCUT2D eigenvalue weighted by molar-refractivity contribution is 0.103. The highest BCUT2D eigenvalue weighted by Gasteiger charge is 2.17. The van der Waals surface area contributed by atoms with Crippen molar-refractivity contribution in [2.24, 2.45) is 7.05 Å². The quantitative estimate of drug-likeness (QED) is 0.631. The summed E-state index contributed by atoms with van der Waals surface area (Å²) in [5, 5.41) is 7.93. The predicted molar refractivity (Wildman–Crippen MR) is 61.9 cm³/mol. The summed E-state index contributed by atoms with van der Waals surface area (Å²) in [6.07, 6.45) is 1.50. The summed E-state index contributed by atoms with van der Waals surface area (Å²) in [6.45, 7) is 0. The highest BCUT2D eigenvalue weighted by molar-refractivity contribution is 7.13. The van der Waals surface area contributed by atoms with Crippen LogP contribution in [-0.4, -0.2) is 30.1 Å². The first-order valence-electron chi connectivity index (χ1n) is 4.87. The molecule has 1 aromatic carbocycles. The van der Waals surface area contributed by atoms with Gasteiger partial charge in [0.1, 0.15) is 11.8 Å². The third-order valence-corrected chi connectivity index (χ3v) is 3.10. The fourth-order valence-corrected chi connectivity index (χ4v) is 2.22. The van der Waals surface area contributed by atoms with E-state index in [1.807, 2.05) is 6.07 Å². The van der Waals surface area contributed by atoms with Gasteiger partial charge in [0, 0.05) is 12.6 Å². The van der Waals surface area contributed by atoms with E-state index in [1.54, 1.807) is 19.2 Å². The van der Waals surface area contributed by atoms with Crippen LogP contribution in [0.1, 0.15) is 16.2 Å². The van der Waals surface area contributed by atoms with Crippen LogP contribution in [0.25, 0.3) is 10.2 Å². The molecule has 0 saturated carbocycles. The smallest absolute Gasteiger partial charge is 0.233 e. The Balaban J connectivity index is 2.15. The molecule has 0 bridgehead atoms. The molecule has 0 aliphatic heterocycles. The highest BCUT2D eigenvalue weighted by Crippen LogP contribution is 2.21. The molecule has 2 aromatic heterocycles. The summed E-state index contributed by atoms with van der Waals surface area (Å²) in [7, 11) is 1.72. The van der Waals surface area contributed by atoms with E-state index in [9.17, 15) is 4.79 Å². The van der Waals surface area contributed by atoms with E-state index in [0.717, 1.165) is 10.2 Å². The van der Waals surface area contributed by atoms with E-state index in [2.05, 4.69) is 19.7 Å². The predicted octanol–water partition coefficient (Wildman–Crippen LogP) is 1.05. The van der Waals surface area contributed by atoms with E-state index in [0.29, 0.717) is 5.56 Å². The Hall–Kier alpha value is -2.15. The fraction of sp³-hybridized carbons (Fsp3) is 0.100. The lowest BCUT2D eigenvalue weighted by atomic mass is 10.1. The molecule has 0 aliphatic carbocycles. The van der Waals surface area contributed by atoms with Crippen LogP contribution in [0, 0.1) is 0 Å². The summed E-state index contributed by atoms with van der Waals surface area (Å²) in [4.78, 5) is 16.1. The van der Waals surface area contributed by atoms with Crippen molar-refractivity contribution in [3.05, 3.63) is 35.9 Å². The first-order valence-corrected chi connectivity index (χ1v) is 5.64. The second kappa shape index (κ2) is 3.70. The number of hydrogen-bond acceptors (Lipinski definition) is 6. The molecular weight excluding hydrogens is 238 g/mol. The Labute approximate surface area is 100 Å².